The number of carbonyl (C=O) groups is 1. The van der Waals surface area contributed by atoms with Crippen LogP contribution in [0.2, 0.25) is 0 Å². The summed E-state index contributed by atoms with van der Waals surface area (Å²) in [6.45, 7) is 0. The van der Waals surface area contributed by atoms with Crippen molar-refractivity contribution in [3.63, 3.8) is 0 Å². The molecule has 0 atom stereocenters. The summed E-state index contributed by atoms with van der Waals surface area (Å²) in [6.07, 6.45) is 1.50. The fourth-order valence-electron chi connectivity index (χ4n) is 2.20. The number of benzene rings is 2. The zero-order valence-corrected chi connectivity index (χ0v) is 12.2. The second-order valence-corrected chi connectivity index (χ2v) is 4.60. The minimum absolute atomic E-state index is 0.308. The lowest BCUT2D eigenvalue weighted by Gasteiger charge is -2.12. The molecule has 6 nitrogen and oxygen atoms in total. The molecule has 6 heteroatoms. The van der Waals surface area contributed by atoms with Gasteiger partial charge in [0.15, 0.2) is 0 Å². The third-order valence-electron chi connectivity index (χ3n) is 3.32. The van der Waals surface area contributed by atoms with Gasteiger partial charge in [0, 0.05) is 6.07 Å². The Morgan fingerprint density at radius 1 is 1.14 bits per heavy atom. The Hall–Kier alpha value is -3.02. The highest BCUT2D eigenvalue weighted by Gasteiger charge is 2.12. The first-order chi connectivity index (χ1) is 10.7. The van der Waals surface area contributed by atoms with Crippen LogP contribution in [-0.2, 0) is 0 Å². The molecule has 0 aliphatic heterocycles. The smallest absolute Gasteiger partial charge is 0.331 e. The van der Waals surface area contributed by atoms with E-state index in [1.54, 1.807) is 25.3 Å². The first-order valence-electron chi connectivity index (χ1n) is 6.68. The van der Waals surface area contributed by atoms with E-state index >= 15 is 0 Å². The minimum atomic E-state index is -0.308. The number of aromatic nitrogens is 2. The number of amides is 1. The molecular formula is C16H15N3O3. The maximum atomic E-state index is 12.4. The maximum Gasteiger partial charge on any atom is 0.331 e. The van der Waals surface area contributed by atoms with E-state index in [0.717, 1.165) is 11.0 Å². The fourth-order valence-corrected chi connectivity index (χ4v) is 2.20. The molecule has 0 spiro atoms. The van der Waals surface area contributed by atoms with Crippen molar-refractivity contribution < 1.29 is 14.3 Å². The second-order valence-electron chi connectivity index (χ2n) is 4.60. The van der Waals surface area contributed by atoms with E-state index in [4.69, 9.17) is 9.47 Å². The van der Waals surface area contributed by atoms with Crippen molar-refractivity contribution in [2.45, 2.75) is 0 Å². The van der Waals surface area contributed by atoms with E-state index in [1.165, 1.54) is 18.0 Å². The molecule has 2 aromatic carbocycles. The molecule has 0 saturated heterocycles. The van der Waals surface area contributed by atoms with Gasteiger partial charge in [0.05, 0.1) is 30.9 Å². The van der Waals surface area contributed by atoms with Gasteiger partial charge in [0.1, 0.15) is 17.8 Å². The van der Waals surface area contributed by atoms with Crippen LogP contribution in [0.25, 0.3) is 11.0 Å². The van der Waals surface area contributed by atoms with E-state index in [2.05, 4.69) is 10.3 Å². The van der Waals surface area contributed by atoms with Crippen LogP contribution < -0.4 is 14.8 Å². The predicted molar refractivity (Wildman–Crippen MR) is 83.7 cm³/mol. The number of nitrogens with one attached hydrogen (secondary N) is 1. The summed E-state index contributed by atoms with van der Waals surface area (Å²) in [6, 6.07) is 12.3. The van der Waals surface area contributed by atoms with Crippen molar-refractivity contribution >= 4 is 22.8 Å². The van der Waals surface area contributed by atoms with Crippen LogP contribution in [0.4, 0.5) is 10.5 Å². The molecule has 0 fully saturated rings. The molecule has 0 aliphatic rings. The van der Waals surface area contributed by atoms with Crippen LogP contribution in [0, 0.1) is 0 Å². The van der Waals surface area contributed by atoms with Gasteiger partial charge in [0.2, 0.25) is 0 Å². The van der Waals surface area contributed by atoms with Crippen LogP contribution in [0.5, 0.6) is 11.5 Å². The number of ether oxygens (including phenoxy) is 2. The summed E-state index contributed by atoms with van der Waals surface area (Å²) in [5.74, 6) is 1.18. The van der Waals surface area contributed by atoms with Crippen molar-refractivity contribution in [1.82, 2.24) is 9.55 Å². The molecule has 3 aromatic rings. The Bertz CT molecular complexity index is 826. The molecule has 0 unspecified atom stereocenters. The van der Waals surface area contributed by atoms with Crippen LogP contribution in [0.1, 0.15) is 0 Å². The highest BCUT2D eigenvalue weighted by molar-refractivity contribution is 5.98. The number of hydrogen-bond donors (Lipinski definition) is 1. The zero-order chi connectivity index (χ0) is 15.5. The third kappa shape index (κ3) is 2.46. The standard InChI is InChI=1S/C16H15N3O3/c1-21-11-7-8-13(15(9-11)22-2)18-16(20)19-10-17-12-5-3-4-6-14(12)19/h3-10H,1-2H3,(H,18,20). The average Bonchev–Trinajstić information content (AvgIpc) is 2.99. The SMILES string of the molecule is COc1ccc(NC(=O)n2cnc3ccccc32)c(OC)c1. The van der Waals surface area contributed by atoms with Gasteiger partial charge in [0.25, 0.3) is 0 Å². The first kappa shape index (κ1) is 13.9. The summed E-state index contributed by atoms with van der Waals surface area (Å²) in [5, 5.41) is 2.81. The molecule has 3 rings (SSSR count). The Balaban J connectivity index is 1.91. The minimum Gasteiger partial charge on any atom is -0.497 e. The maximum absolute atomic E-state index is 12.4. The topological polar surface area (TPSA) is 65.4 Å². The van der Waals surface area contributed by atoms with Crippen LogP contribution in [0.3, 0.4) is 0 Å². The summed E-state index contributed by atoms with van der Waals surface area (Å²) in [5.41, 5.74) is 2.07. The molecule has 1 amide bonds. The van der Waals surface area contributed by atoms with Gasteiger partial charge in [-0.25, -0.2) is 9.78 Å². The molecule has 1 N–H and O–H groups in total. The van der Waals surface area contributed by atoms with E-state index in [1.807, 2.05) is 24.3 Å². The molecule has 112 valence electrons. The molecule has 0 saturated carbocycles. The molecule has 0 bridgehead atoms. The number of methoxy groups -OCH3 is 2. The predicted octanol–water partition coefficient (Wildman–Crippen LogP) is 3.13. The molecule has 0 aliphatic carbocycles. The van der Waals surface area contributed by atoms with Gasteiger partial charge in [-0.3, -0.25) is 4.57 Å². The van der Waals surface area contributed by atoms with Gasteiger partial charge >= 0.3 is 6.03 Å². The number of nitrogens with zero attached hydrogens (tertiary/aromatic N) is 2. The molecule has 22 heavy (non-hydrogen) atoms. The Morgan fingerprint density at radius 3 is 2.73 bits per heavy atom. The largest absolute Gasteiger partial charge is 0.497 e. The molecular weight excluding hydrogens is 282 g/mol. The Kier molecular flexibility index (Phi) is 3.65. The van der Waals surface area contributed by atoms with Crippen molar-refractivity contribution in [2.24, 2.45) is 0 Å². The van der Waals surface area contributed by atoms with E-state index in [9.17, 15) is 4.79 Å². The molecule has 1 heterocycles. The fraction of sp³-hybridized carbons (Fsp3) is 0.125. The van der Waals surface area contributed by atoms with E-state index in [0.29, 0.717) is 17.2 Å². The average molecular weight is 297 g/mol. The van der Waals surface area contributed by atoms with Gasteiger partial charge in [-0.15, -0.1) is 0 Å². The van der Waals surface area contributed by atoms with Crippen LogP contribution >= 0.6 is 0 Å². The Morgan fingerprint density at radius 2 is 1.95 bits per heavy atom. The van der Waals surface area contributed by atoms with Crippen molar-refractivity contribution in [2.75, 3.05) is 19.5 Å². The lowest BCUT2D eigenvalue weighted by Crippen LogP contribution is -2.18. The number of para-hydroxylation sites is 2. The van der Waals surface area contributed by atoms with Gasteiger partial charge in [-0.1, -0.05) is 12.1 Å². The summed E-state index contributed by atoms with van der Waals surface area (Å²) >= 11 is 0. The number of anilines is 1. The second kappa shape index (κ2) is 5.77. The van der Waals surface area contributed by atoms with Gasteiger partial charge in [-0.2, -0.15) is 0 Å². The summed E-state index contributed by atoms with van der Waals surface area (Å²) in [4.78, 5) is 16.6. The normalized spacial score (nSPS) is 10.5. The number of hydrogen-bond acceptors (Lipinski definition) is 4. The Labute approximate surface area is 127 Å². The highest BCUT2D eigenvalue weighted by atomic mass is 16.5. The monoisotopic (exact) mass is 297 g/mol. The lowest BCUT2D eigenvalue weighted by molar-refractivity contribution is 0.254. The lowest BCUT2D eigenvalue weighted by atomic mass is 10.2. The molecule has 1 aromatic heterocycles. The first-order valence-corrected chi connectivity index (χ1v) is 6.68. The summed E-state index contributed by atoms with van der Waals surface area (Å²) < 4.78 is 11.9. The van der Waals surface area contributed by atoms with Crippen molar-refractivity contribution in [3.05, 3.63) is 48.8 Å². The number of fused-ring (bicyclic) bond motifs is 1. The zero-order valence-electron chi connectivity index (χ0n) is 12.2. The number of imidazole rings is 1. The quantitative estimate of drug-likeness (QED) is 0.806. The number of rotatable bonds is 3. The van der Waals surface area contributed by atoms with Crippen molar-refractivity contribution in [1.29, 1.82) is 0 Å². The van der Waals surface area contributed by atoms with Gasteiger partial charge in [-0.05, 0) is 24.3 Å². The van der Waals surface area contributed by atoms with E-state index < -0.39 is 0 Å². The highest BCUT2D eigenvalue weighted by Crippen LogP contribution is 2.29. The molecule has 0 radical (unpaired) electrons. The van der Waals surface area contributed by atoms with Crippen LogP contribution in [-0.4, -0.2) is 29.8 Å². The van der Waals surface area contributed by atoms with Gasteiger partial charge < -0.3 is 14.8 Å². The van der Waals surface area contributed by atoms with Crippen molar-refractivity contribution in [3.8, 4) is 11.5 Å². The third-order valence-corrected chi connectivity index (χ3v) is 3.32. The number of carbonyl (C=O) groups excluding carboxylic acids is 1. The van der Waals surface area contributed by atoms with Crippen LogP contribution in [0.15, 0.2) is 48.8 Å². The van der Waals surface area contributed by atoms with E-state index in [-0.39, 0.29) is 6.03 Å². The summed E-state index contributed by atoms with van der Waals surface area (Å²) in [7, 11) is 3.11.